The first-order valence-electron chi connectivity index (χ1n) is 6.45. The van der Waals surface area contributed by atoms with Crippen molar-refractivity contribution in [2.75, 3.05) is 13.2 Å². The largest absolute Gasteiger partial charge is 0.395 e. The molecule has 16 heavy (non-hydrogen) atoms. The molecule has 0 aromatic heterocycles. The lowest BCUT2D eigenvalue weighted by atomic mass is 10.1. The van der Waals surface area contributed by atoms with Crippen LogP contribution in [0.3, 0.4) is 0 Å². The molecule has 1 N–H and O–H groups in total. The van der Waals surface area contributed by atoms with Crippen LogP contribution in [0.1, 0.15) is 53.4 Å². The Morgan fingerprint density at radius 2 is 1.88 bits per heavy atom. The fourth-order valence-electron chi connectivity index (χ4n) is 1.83. The highest BCUT2D eigenvalue weighted by Crippen LogP contribution is 2.12. The molecule has 1 amide bonds. The van der Waals surface area contributed by atoms with Gasteiger partial charge >= 0.3 is 0 Å². The minimum absolute atomic E-state index is 0.0141. The Morgan fingerprint density at radius 1 is 1.25 bits per heavy atom. The van der Waals surface area contributed by atoms with Crippen molar-refractivity contribution in [2.24, 2.45) is 5.92 Å². The van der Waals surface area contributed by atoms with Crippen LogP contribution in [-0.4, -0.2) is 35.1 Å². The standard InChI is InChI=1S/C13H27NO2/c1-5-6-7-8-12(4)14(9-10-15)13(16)11(2)3/h11-12,15H,5-10H2,1-4H3. The first-order valence-corrected chi connectivity index (χ1v) is 6.45. The van der Waals surface area contributed by atoms with E-state index in [0.29, 0.717) is 6.54 Å². The molecule has 0 heterocycles. The van der Waals surface area contributed by atoms with Crippen LogP contribution in [0.25, 0.3) is 0 Å². The Balaban J connectivity index is 4.22. The van der Waals surface area contributed by atoms with Crippen molar-refractivity contribution in [2.45, 2.75) is 59.4 Å². The molecule has 0 saturated carbocycles. The second-order valence-electron chi connectivity index (χ2n) is 4.75. The van der Waals surface area contributed by atoms with Gasteiger partial charge in [-0.3, -0.25) is 4.79 Å². The summed E-state index contributed by atoms with van der Waals surface area (Å²) in [5, 5.41) is 8.99. The van der Waals surface area contributed by atoms with E-state index in [1.54, 1.807) is 0 Å². The van der Waals surface area contributed by atoms with E-state index in [9.17, 15) is 4.79 Å². The van der Waals surface area contributed by atoms with Crippen LogP contribution in [0.15, 0.2) is 0 Å². The van der Waals surface area contributed by atoms with Crippen molar-refractivity contribution >= 4 is 5.91 Å². The van der Waals surface area contributed by atoms with Crippen molar-refractivity contribution < 1.29 is 9.90 Å². The zero-order chi connectivity index (χ0) is 12.6. The minimum atomic E-state index is 0.0141. The number of amides is 1. The van der Waals surface area contributed by atoms with Gasteiger partial charge in [0, 0.05) is 18.5 Å². The molecule has 1 atom stereocenters. The van der Waals surface area contributed by atoms with Gasteiger partial charge in [0.2, 0.25) is 5.91 Å². The number of nitrogens with zero attached hydrogens (tertiary/aromatic N) is 1. The number of carbonyl (C=O) groups excluding carboxylic acids is 1. The van der Waals surface area contributed by atoms with Gasteiger partial charge in [0.1, 0.15) is 0 Å². The van der Waals surface area contributed by atoms with Gasteiger partial charge in [0.15, 0.2) is 0 Å². The van der Waals surface area contributed by atoms with E-state index in [0.717, 1.165) is 12.8 Å². The Kier molecular flexibility index (Phi) is 8.26. The predicted molar refractivity (Wildman–Crippen MR) is 67.2 cm³/mol. The maximum atomic E-state index is 11.9. The molecule has 0 aliphatic rings. The molecule has 0 saturated heterocycles. The van der Waals surface area contributed by atoms with Crippen LogP contribution >= 0.6 is 0 Å². The number of unbranched alkanes of at least 4 members (excludes halogenated alkanes) is 2. The van der Waals surface area contributed by atoms with Crippen LogP contribution in [-0.2, 0) is 4.79 Å². The first-order chi connectivity index (χ1) is 7.54. The van der Waals surface area contributed by atoms with Gasteiger partial charge in [-0.2, -0.15) is 0 Å². The predicted octanol–water partition coefficient (Wildman–Crippen LogP) is 2.43. The van der Waals surface area contributed by atoms with E-state index in [1.807, 2.05) is 18.7 Å². The fourth-order valence-corrected chi connectivity index (χ4v) is 1.83. The minimum Gasteiger partial charge on any atom is -0.395 e. The highest BCUT2D eigenvalue weighted by atomic mass is 16.3. The summed E-state index contributed by atoms with van der Waals surface area (Å²) in [5.41, 5.74) is 0. The molecular formula is C13H27NO2. The van der Waals surface area contributed by atoms with Crippen LogP contribution in [0.5, 0.6) is 0 Å². The summed E-state index contributed by atoms with van der Waals surface area (Å²) in [7, 11) is 0. The molecule has 0 aromatic carbocycles. The van der Waals surface area contributed by atoms with E-state index >= 15 is 0 Å². The van der Waals surface area contributed by atoms with E-state index in [4.69, 9.17) is 5.11 Å². The lowest BCUT2D eigenvalue weighted by Crippen LogP contribution is -2.42. The molecule has 0 radical (unpaired) electrons. The van der Waals surface area contributed by atoms with Gasteiger partial charge in [-0.25, -0.2) is 0 Å². The molecule has 3 nitrogen and oxygen atoms in total. The number of rotatable bonds is 8. The van der Waals surface area contributed by atoms with Gasteiger partial charge in [-0.15, -0.1) is 0 Å². The quantitative estimate of drug-likeness (QED) is 0.649. The van der Waals surface area contributed by atoms with Gasteiger partial charge in [0.05, 0.1) is 6.61 Å². The van der Waals surface area contributed by atoms with E-state index in [1.165, 1.54) is 12.8 Å². The van der Waals surface area contributed by atoms with Crippen molar-refractivity contribution in [3.8, 4) is 0 Å². The molecule has 0 fully saturated rings. The molecule has 96 valence electrons. The second-order valence-corrected chi connectivity index (χ2v) is 4.75. The van der Waals surface area contributed by atoms with E-state index < -0.39 is 0 Å². The topological polar surface area (TPSA) is 40.5 Å². The summed E-state index contributed by atoms with van der Waals surface area (Å²) in [6, 6.07) is 0.244. The Morgan fingerprint density at radius 3 is 2.31 bits per heavy atom. The SMILES string of the molecule is CCCCCC(C)N(CCO)C(=O)C(C)C. The highest BCUT2D eigenvalue weighted by Gasteiger charge is 2.21. The summed E-state index contributed by atoms with van der Waals surface area (Å²) in [4.78, 5) is 13.7. The highest BCUT2D eigenvalue weighted by molar-refractivity contribution is 5.78. The van der Waals surface area contributed by atoms with E-state index in [-0.39, 0.29) is 24.5 Å². The van der Waals surface area contributed by atoms with Crippen LogP contribution in [0.2, 0.25) is 0 Å². The number of carbonyl (C=O) groups is 1. The summed E-state index contributed by atoms with van der Waals surface area (Å²) in [6.07, 6.45) is 4.61. The third kappa shape index (κ3) is 5.50. The summed E-state index contributed by atoms with van der Waals surface area (Å²) in [5.74, 6) is 0.165. The number of aliphatic hydroxyl groups is 1. The maximum Gasteiger partial charge on any atom is 0.225 e. The summed E-state index contributed by atoms with van der Waals surface area (Å²) < 4.78 is 0. The van der Waals surface area contributed by atoms with Gasteiger partial charge in [-0.05, 0) is 13.3 Å². The lowest BCUT2D eigenvalue weighted by molar-refractivity contribution is -0.137. The average molecular weight is 229 g/mol. The third-order valence-corrected chi connectivity index (χ3v) is 2.88. The van der Waals surface area contributed by atoms with Crippen molar-refractivity contribution in [3.05, 3.63) is 0 Å². The van der Waals surface area contributed by atoms with Crippen molar-refractivity contribution in [1.82, 2.24) is 4.90 Å². The third-order valence-electron chi connectivity index (χ3n) is 2.88. The zero-order valence-corrected chi connectivity index (χ0v) is 11.2. The lowest BCUT2D eigenvalue weighted by Gasteiger charge is -2.30. The van der Waals surface area contributed by atoms with Gasteiger partial charge in [0.25, 0.3) is 0 Å². The molecule has 0 aliphatic carbocycles. The number of hydrogen-bond donors (Lipinski definition) is 1. The second kappa shape index (κ2) is 8.57. The van der Waals surface area contributed by atoms with Gasteiger partial charge < -0.3 is 10.0 Å². The Hall–Kier alpha value is -0.570. The molecule has 0 rings (SSSR count). The van der Waals surface area contributed by atoms with Crippen LogP contribution in [0.4, 0.5) is 0 Å². The molecule has 3 heteroatoms. The normalized spacial score (nSPS) is 12.9. The fraction of sp³-hybridized carbons (Fsp3) is 0.923. The van der Waals surface area contributed by atoms with E-state index in [2.05, 4.69) is 13.8 Å². The number of hydrogen-bond acceptors (Lipinski definition) is 2. The zero-order valence-electron chi connectivity index (χ0n) is 11.2. The van der Waals surface area contributed by atoms with Crippen LogP contribution < -0.4 is 0 Å². The maximum absolute atomic E-state index is 11.9. The number of aliphatic hydroxyl groups excluding tert-OH is 1. The molecule has 0 spiro atoms. The summed E-state index contributed by atoms with van der Waals surface area (Å²) in [6.45, 7) is 8.58. The summed E-state index contributed by atoms with van der Waals surface area (Å²) >= 11 is 0. The van der Waals surface area contributed by atoms with Crippen molar-refractivity contribution in [1.29, 1.82) is 0 Å². The molecule has 0 bridgehead atoms. The average Bonchev–Trinajstić information content (AvgIpc) is 2.25. The molecular weight excluding hydrogens is 202 g/mol. The molecule has 1 unspecified atom stereocenters. The Bertz CT molecular complexity index is 192. The molecule has 0 aliphatic heterocycles. The monoisotopic (exact) mass is 229 g/mol. The molecule has 0 aromatic rings. The van der Waals surface area contributed by atoms with Crippen LogP contribution in [0, 0.1) is 5.92 Å². The van der Waals surface area contributed by atoms with Gasteiger partial charge in [-0.1, -0.05) is 40.0 Å². The van der Waals surface area contributed by atoms with Crippen molar-refractivity contribution in [3.63, 3.8) is 0 Å². The first kappa shape index (κ1) is 15.4. The Labute approximate surface area is 99.8 Å². The smallest absolute Gasteiger partial charge is 0.225 e.